The van der Waals surface area contributed by atoms with E-state index < -0.39 is 0 Å². The Balaban J connectivity index is 1.59. The summed E-state index contributed by atoms with van der Waals surface area (Å²) in [5, 5.41) is 16.3. The molecular weight excluding hydrogens is 288 g/mol. The Morgan fingerprint density at radius 2 is 1.91 bits per heavy atom. The summed E-state index contributed by atoms with van der Waals surface area (Å²) in [4.78, 5) is 0. The summed E-state index contributed by atoms with van der Waals surface area (Å²) < 4.78 is 3.79. The maximum Gasteiger partial charge on any atom is 0.0969 e. The lowest BCUT2D eigenvalue weighted by Gasteiger charge is -2.21. The van der Waals surface area contributed by atoms with Crippen LogP contribution in [0.25, 0.3) is 5.69 Å². The topological polar surface area (TPSA) is 60.6 Å². The Kier molecular flexibility index (Phi) is 4.52. The highest BCUT2D eigenvalue weighted by Gasteiger charge is 2.15. The van der Waals surface area contributed by atoms with E-state index in [2.05, 4.69) is 47.7 Å². The van der Waals surface area contributed by atoms with Crippen molar-refractivity contribution in [2.24, 2.45) is 0 Å². The van der Waals surface area contributed by atoms with Gasteiger partial charge in [0.25, 0.3) is 0 Å². The Bertz CT molecular complexity index is 745. The third kappa shape index (κ3) is 3.65. The lowest BCUT2D eigenvalue weighted by molar-refractivity contribution is 0.363. The minimum Gasteiger partial charge on any atom is -0.306 e. The van der Waals surface area contributed by atoms with Crippen molar-refractivity contribution in [3.63, 3.8) is 0 Å². The van der Waals surface area contributed by atoms with Gasteiger partial charge in [0, 0.05) is 18.8 Å². The van der Waals surface area contributed by atoms with Crippen LogP contribution in [0, 0.1) is 6.92 Å². The van der Waals surface area contributed by atoms with Crippen molar-refractivity contribution in [1.29, 1.82) is 0 Å². The van der Waals surface area contributed by atoms with Crippen LogP contribution in [0.2, 0.25) is 0 Å². The quantitative estimate of drug-likeness (QED) is 0.760. The second-order valence-corrected chi connectivity index (χ2v) is 5.90. The maximum atomic E-state index is 4.38. The van der Waals surface area contributed by atoms with E-state index in [9.17, 15) is 0 Å². The van der Waals surface area contributed by atoms with E-state index in [1.54, 1.807) is 4.68 Å². The number of hydrogen-bond donors (Lipinski definition) is 1. The number of rotatable bonds is 6. The van der Waals surface area contributed by atoms with Gasteiger partial charge >= 0.3 is 0 Å². The van der Waals surface area contributed by atoms with Crippen LogP contribution in [0.3, 0.4) is 0 Å². The monoisotopic (exact) mass is 310 g/mol. The van der Waals surface area contributed by atoms with Gasteiger partial charge in [-0.3, -0.25) is 4.68 Å². The molecule has 6 nitrogen and oxygen atoms in total. The molecule has 0 aliphatic heterocycles. The van der Waals surface area contributed by atoms with Gasteiger partial charge in [-0.05, 0) is 38.5 Å². The highest BCUT2D eigenvalue weighted by atomic mass is 15.4. The van der Waals surface area contributed by atoms with Crippen LogP contribution in [0.1, 0.15) is 31.1 Å². The van der Waals surface area contributed by atoms with Crippen LogP contribution in [0.4, 0.5) is 0 Å². The van der Waals surface area contributed by atoms with Gasteiger partial charge in [0.05, 0.1) is 29.8 Å². The third-order valence-corrected chi connectivity index (χ3v) is 4.04. The van der Waals surface area contributed by atoms with E-state index in [0.29, 0.717) is 6.54 Å². The van der Waals surface area contributed by atoms with Gasteiger partial charge in [-0.2, -0.15) is 5.10 Å². The summed E-state index contributed by atoms with van der Waals surface area (Å²) >= 11 is 0. The van der Waals surface area contributed by atoms with Gasteiger partial charge < -0.3 is 5.32 Å². The normalized spacial score (nSPS) is 13.9. The smallest absolute Gasteiger partial charge is 0.0969 e. The predicted octanol–water partition coefficient (Wildman–Crippen LogP) is 2.51. The fourth-order valence-electron chi connectivity index (χ4n) is 2.41. The van der Waals surface area contributed by atoms with Crippen LogP contribution in [0.15, 0.2) is 48.9 Å². The van der Waals surface area contributed by atoms with Gasteiger partial charge in [-0.1, -0.05) is 23.4 Å². The highest BCUT2D eigenvalue weighted by molar-refractivity contribution is 5.29. The van der Waals surface area contributed by atoms with Crippen molar-refractivity contribution >= 4 is 0 Å². The molecule has 3 aromatic rings. The zero-order valence-electron chi connectivity index (χ0n) is 13.7. The van der Waals surface area contributed by atoms with Gasteiger partial charge in [0.1, 0.15) is 0 Å². The maximum absolute atomic E-state index is 4.38. The van der Waals surface area contributed by atoms with E-state index in [1.807, 2.05) is 47.4 Å². The van der Waals surface area contributed by atoms with E-state index in [4.69, 9.17) is 0 Å². The first-order valence-corrected chi connectivity index (χ1v) is 7.84. The molecule has 1 N–H and O–H groups in total. The molecule has 6 heteroatoms. The van der Waals surface area contributed by atoms with Crippen molar-refractivity contribution in [1.82, 2.24) is 30.1 Å². The Labute approximate surface area is 136 Å². The predicted molar refractivity (Wildman–Crippen MR) is 89.3 cm³/mol. The van der Waals surface area contributed by atoms with Gasteiger partial charge in [-0.25, -0.2) is 4.68 Å². The average molecular weight is 310 g/mol. The van der Waals surface area contributed by atoms with Crippen molar-refractivity contribution in [3.8, 4) is 5.69 Å². The third-order valence-electron chi connectivity index (χ3n) is 4.04. The minimum atomic E-state index is 0.271. The molecule has 0 bridgehead atoms. The van der Waals surface area contributed by atoms with Crippen molar-refractivity contribution < 1.29 is 0 Å². The first-order chi connectivity index (χ1) is 11.1. The fourth-order valence-corrected chi connectivity index (χ4v) is 2.41. The summed E-state index contributed by atoms with van der Waals surface area (Å²) in [6.07, 6.45) is 5.90. The van der Waals surface area contributed by atoms with E-state index in [0.717, 1.165) is 11.4 Å². The standard InChI is InChI=1S/C17H22N6/c1-13-9-19-22(11-13)15(3)14(2)18-10-16-12-23(21-20-16)17-7-5-4-6-8-17/h4-9,11-12,14-15,18H,10H2,1-3H3/t14-,15+/m1/s1. The molecule has 3 rings (SSSR count). The van der Waals surface area contributed by atoms with Crippen LogP contribution in [-0.4, -0.2) is 30.8 Å². The number of para-hydroxylation sites is 1. The SMILES string of the molecule is Cc1cnn([C@@H](C)[C@@H](C)NCc2cn(-c3ccccc3)nn2)c1. The molecule has 2 heterocycles. The molecule has 0 saturated heterocycles. The molecule has 2 atom stereocenters. The molecule has 0 radical (unpaired) electrons. The molecule has 0 aliphatic carbocycles. The van der Waals surface area contributed by atoms with Crippen LogP contribution >= 0.6 is 0 Å². The van der Waals surface area contributed by atoms with E-state index >= 15 is 0 Å². The van der Waals surface area contributed by atoms with Crippen LogP contribution in [0.5, 0.6) is 0 Å². The molecule has 120 valence electrons. The second-order valence-electron chi connectivity index (χ2n) is 5.90. The molecule has 0 saturated carbocycles. The van der Waals surface area contributed by atoms with E-state index in [1.165, 1.54) is 5.56 Å². The lowest BCUT2D eigenvalue weighted by Crippen LogP contribution is -2.33. The van der Waals surface area contributed by atoms with E-state index in [-0.39, 0.29) is 12.1 Å². The van der Waals surface area contributed by atoms with Crippen molar-refractivity contribution in [2.75, 3.05) is 0 Å². The molecule has 2 aromatic heterocycles. The van der Waals surface area contributed by atoms with Gasteiger partial charge in [0.15, 0.2) is 0 Å². The summed E-state index contributed by atoms with van der Waals surface area (Å²) in [6, 6.07) is 10.5. The number of benzene rings is 1. The Hall–Kier alpha value is -2.47. The van der Waals surface area contributed by atoms with Gasteiger partial charge in [0.2, 0.25) is 0 Å². The van der Waals surface area contributed by atoms with Crippen LogP contribution < -0.4 is 5.32 Å². The van der Waals surface area contributed by atoms with Crippen molar-refractivity contribution in [2.45, 2.75) is 39.4 Å². The zero-order valence-corrected chi connectivity index (χ0v) is 13.7. The molecular formula is C17H22N6. The number of nitrogens with zero attached hydrogens (tertiary/aromatic N) is 5. The van der Waals surface area contributed by atoms with Gasteiger partial charge in [-0.15, -0.1) is 5.10 Å². The summed E-state index contributed by atoms with van der Waals surface area (Å²) in [5.74, 6) is 0. The lowest BCUT2D eigenvalue weighted by atomic mass is 10.1. The number of nitrogens with one attached hydrogen (secondary N) is 1. The molecule has 23 heavy (non-hydrogen) atoms. The molecule has 0 fully saturated rings. The number of aryl methyl sites for hydroxylation is 1. The second kappa shape index (κ2) is 6.75. The van der Waals surface area contributed by atoms with Crippen molar-refractivity contribution in [3.05, 3.63) is 60.2 Å². The minimum absolute atomic E-state index is 0.271. The molecule has 0 spiro atoms. The largest absolute Gasteiger partial charge is 0.306 e. The summed E-state index contributed by atoms with van der Waals surface area (Å²) in [6.45, 7) is 7.04. The zero-order chi connectivity index (χ0) is 16.2. The molecule has 0 aliphatic rings. The first kappa shape index (κ1) is 15.4. The summed E-state index contributed by atoms with van der Waals surface area (Å²) in [5.41, 5.74) is 3.11. The number of hydrogen-bond acceptors (Lipinski definition) is 4. The molecule has 1 aromatic carbocycles. The van der Waals surface area contributed by atoms with Crippen LogP contribution in [-0.2, 0) is 6.54 Å². The molecule has 0 amide bonds. The Morgan fingerprint density at radius 3 is 2.61 bits per heavy atom. The summed E-state index contributed by atoms with van der Waals surface area (Å²) in [7, 11) is 0. The first-order valence-electron chi connectivity index (χ1n) is 7.84. The highest BCUT2D eigenvalue weighted by Crippen LogP contribution is 2.11. The number of aromatic nitrogens is 5. The average Bonchev–Trinajstić information content (AvgIpc) is 3.22. The fraction of sp³-hybridized carbons (Fsp3) is 0.353. The Morgan fingerprint density at radius 1 is 1.13 bits per heavy atom. The molecule has 0 unspecified atom stereocenters.